The Hall–Kier alpha value is -3.03. The third kappa shape index (κ3) is 5.41. The van der Waals surface area contributed by atoms with Crippen molar-refractivity contribution in [2.75, 3.05) is 18.0 Å². The van der Waals surface area contributed by atoms with Crippen molar-refractivity contribution in [3.8, 4) is 5.75 Å². The lowest BCUT2D eigenvalue weighted by Crippen LogP contribution is -2.41. The third-order valence-electron chi connectivity index (χ3n) is 5.04. The lowest BCUT2D eigenvalue weighted by molar-refractivity contribution is -0.120. The van der Waals surface area contributed by atoms with Crippen LogP contribution in [0.5, 0.6) is 5.75 Å². The first-order chi connectivity index (χ1) is 15.2. The molecule has 168 valence electrons. The number of halogens is 1. The van der Waals surface area contributed by atoms with Crippen LogP contribution in [-0.2, 0) is 14.8 Å². The molecule has 3 aromatic rings. The highest BCUT2D eigenvalue weighted by molar-refractivity contribution is 7.92. The highest BCUT2D eigenvalue weighted by Gasteiger charge is 2.28. The van der Waals surface area contributed by atoms with Gasteiger partial charge in [0.15, 0.2) is 0 Å². The van der Waals surface area contributed by atoms with Gasteiger partial charge in [0.25, 0.3) is 10.0 Å². The molecular weight excluding hydrogens is 448 g/mol. The van der Waals surface area contributed by atoms with Crippen LogP contribution in [0.2, 0.25) is 5.02 Å². The molecule has 3 aromatic carbocycles. The van der Waals surface area contributed by atoms with Crippen molar-refractivity contribution in [3.05, 3.63) is 88.9 Å². The van der Waals surface area contributed by atoms with Crippen molar-refractivity contribution in [1.82, 2.24) is 5.32 Å². The molecule has 0 aliphatic rings. The average Bonchev–Trinajstić information content (AvgIpc) is 2.78. The van der Waals surface area contributed by atoms with E-state index in [2.05, 4.69) is 5.32 Å². The van der Waals surface area contributed by atoms with E-state index in [0.717, 1.165) is 9.87 Å². The molecule has 0 radical (unpaired) electrons. The second kappa shape index (κ2) is 10.1. The lowest BCUT2D eigenvalue weighted by atomic mass is 10.1. The summed E-state index contributed by atoms with van der Waals surface area (Å²) in [4.78, 5) is 13.0. The second-order valence-electron chi connectivity index (χ2n) is 7.32. The first-order valence-electron chi connectivity index (χ1n) is 9.99. The summed E-state index contributed by atoms with van der Waals surface area (Å²) in [5.74, 6) is 0.285. The molecule has 0 aliphatic heterocycles. The predicted molar refractivity (Wildman–Crippen MR) is 127 cm³/mol. The number of benzene rings is 3. The zero-order chi connectivity index (χ0) is 23.3. The van der Waals surface area contributed by atoms with Gasteiger partial charge in [-0.15, -0.1) is 0 Å². The molecule has 1 amide bonds. The van der Waals surface area contributed by atoms with Gasteiger partial charge in [-0.1, -0.05) is 41.9 Å². The number of ether oxygens (including phenoxy) is 1. The van der Waals surface area contributed by atoms with Crippen LogP contribution in [0.25, 0.3) is 0 Å². The number of amides is 1. The molecule has 0 spiro atoms. The molecule has 0 fully saturated rings. The number of hydrogen-bond donors (Lipinski definition) is 1. The standard InChI is InChI=1S/C24H25ClN2O4S/c1-17-15-20(25)11-14-23(17)27(32(29,30)22-7-5-4-6-8-22)16-24(28)26-18(2)19-9-12-21(31-3)13-10-19/h4-15,18H,16H2,1-3H3,(H,26,28)/t18-/m1/s1. The predicted octanol–water partition coefficient (Wildman–Crippen LogP) is 4.73. The Morgan fingerprint density at radius 1 is 1.06 bits per heavy atom. The van der Waals surface area contributed by atoms with Crippen molar-refractivity contribution in [2.24, 2.45) is 0 Å². The Bertz CT molecular complexity index is 1180. The number of carbonyl (C=O) groups is 1. The second-order valence-corrected chi connectivity index (χ2v) is 9.62. The summed E-state index contributed by atoms with van der Waals surface area (Å²) < 4.78 is 33.1. The number of sulfonamides is 1. The smallest absolute Gasteiger partial charge is 0.264 e. The summed E-state index contributed by atoms with van der Waals surface area (Å²) in [7, 11) is -2.40. The number of rotatable bonds is 8. The zero-order valence-electron chi connectivity index (χ0n) is 18.1. The highest BCUT2D eigenvalue weighted by Crippen LogP contribution is 2.29. The van der Waals surface area contributed by atoms with Crippen LogP contribution in [0.3, 0.4) is 0 Å². The monoisotopic (exact) mass is 472 g/mol. The summed E-state index contributed by atoms with van der Waals surface area (Å²) >= 11 is 6.06. The van der Waals surface area contributed by atoms with E-state index in [1.54, 1.807) is 62.6 Å². The number of anilines is 1. The Morgan fingerprint density at radius 3 is 2.31 bits per heavy atom. The number of aryl methyl sites for hydroxylation is 1. The molecule has 0 aromatic heterocycles. The Balaban J connectivity index is 1.89. The van der Waals surface area contributed by atoms with Crippen LogP contribution in [0.15, 0.2) is 77.7 Å². The zero-order valence-corrected chi connectivity index (χ0v) is 19.7. The van der Waals surface area contributed by atoms with Crippen molar-refractivity contribution >= 4 is 33.2 Å². The molecule has 0 bridgehead atoms. The van der Waals surface area contributed by atoms with Crippen LogP contribution in [0.4, 0.5) is 5.69 Å². The summed E-state index contributed by atoms with van der Waals surface area (Å²) in [6.45, 7) is 3.22. The first-order valence-corrected chi connectivity index (χ1v) is 11.8. The molecule has 0 saturated carbocycles. The maximum absolute atomic E-state index is 13.4. The Morgan fingerprint density at radius 2 is 1.72 bits per heavy atom. The van der Waals surface area contributed by atoms with Gasteiger partial charge in [-0.25, -0.2) is 8.42 Å². The fraction of sp³-hybridized carbons (Fsp3) is 0.208. The number of nitrogens with zero attached hydrogens (tertiary/aromatic N) is 1. The van der Waals surface area contributed by atoms with E-state index in [-0.39, 0.29) is 17.5 Å². The van der Waals surface area contributed by atoms with Crippen molar-refractivity contribution in [3.63, 3.8) is 0 Å². The maximum Gasteiger partial charge on any atom is 0.264 e. The molecule has 0 saturated heterocycles. The van der Waals surface area contributed by atoms with Gasteiger partial charge in [0.1, 0.15) is 12.3 Å². The van der Waals surface area contributed by atoms with E-state index in [4.69, 9.17) is 16.3 Å². The molecule has 32 heavy (non-hydrogen) atoms. The number of methoxy groups -OCH3 is 1. The molecule has 3 rings (SSSR count). The fourth-order valence-electron chi connectivity index (χ4n) is 3.31. The van der Waals surface area contributed by atoms with Crippen molar-refractivity contribution < 1.29 is 17.9 Å². The molecule has 1 N–H and O–H groups in total. The summed E-state index contributed by atoms with van der Waals surface area (Å²) in [6, 6.07) is 19.9. The fourth-order valence-corrected chi connectivity index (χ4v) is 5.04. The van der Waals surface area contributed by atoms with E-state index < -0.39 is 15.9 Å². The summed E-state index contributed by atoms with van der Waals surface area (Å²) in [5.41, 5.74) is 1.91. The molecule has 0 unspecified atom stereocenters. The van der Waals surface area contributed by atoms with Crippen LogP contribution in [-0.4, -0.2) is 28.0 Å². The van der Waals surface area contributed by atoms with E-state index in [1.807, 2.05) is 19.1 Å². The summed E-state index contributed by atoms with van der Waals surface area (Å²) in [6.07, 6.45) is 0. The quantitative estimate of drug-likeness (QED) is 0.514. The molecule has 0 heterocycles. The van der Waals surface area contributed by atoms with Crippen LogP contribution >= 0.6 is 11.6 Å². The van der Waals surface area contributed by atoms with Gasteiger partial charge in [0.2, 0.25) is 5.91 Å². The van der Waals surface area contributed by atoms with Gasteiger partial charge in [0.05, 0.1) is 23.7 Å². The minimum Gasteiger partial charge on any atom is -0.497 e. The highest BCUT2D eigenvalue weighted by atomic mass is 35.5. The van der Waals surface area contributed by atoms with Gasteiger partial charge in [-0.2, -0.15) is 0 Å². The number of nitrogens with one attached hydrogen (secondary N) is 1. The normalized spacial score (nSPS) is 12.1. The van der Waals surface area contributed by atoms with E-state index in [1.165, 1.54) is 12.1 Å². The summed E-state index contributed by atoms with van der Waals surface area (Å²) in [5, 5.41) is 3.36. The van der Waals surface area contributed by atoms with Gasteiger partial charge in [0, 0.05) is 5.02 Å². The third-order valence-corrected chi connectivity index (χ3v) is 7.05. The lowest BCUT2D eigenvalue weighted by Gasteiger charge is -2.26. The molecule has 8 heteroatoms. The first kappa shape index (κ1) is 23.6. The molecule has 6 nitrogen and oxygen atoms in total. The number of hydrogen-bond acceptors (Lipinski definition) is 4. The van der Waals surface area contributed by atoms with Gasteiger partial charge >= 0.3 is 0 Å². The number of carbonyl (C=O) groups excluding carboxylic acids is 1. The molecule has 1 atom stereocenters. The van der Waals surface area contributed by atoms with E-state index in [0.29, 0.717) is 22.0 Å². The maximum atomic E-state index is 13.4. The van der Waals surface area contributed by atoms with Crippen molar-refractivity contribution in [1.29, 1.82) is 0 Å². The van der Waals surface area contributed by atoms with Gasteiger partial charge in [-0.3, -0.25) is 9.10 Å². The SMILES string of the molecule is COc1ccc([C@@H](C)NC(=O)CN(c2ccc(Cl)cc2C)S(=O)(=O)c2ccccc2)cc1. The molecular formula is C24H25ClN2O4S. The Kier molecular flexibility index (Phi) is 7.43. The minimum absolute atomic E-state index is 0.102. The van der Waals surface area contributed by atoms with Crippen LogP contribution in [0.1, 0.15) is 24.1 Å². The van der Waals surface area contributed by atoms with Crippen LogP contribution in [0, 0.1) is 6.92 Å². The average molecular weight is 473 g/mol. The topological polar surface area (TPSA) is 75.7 Å². The Labute approximate surface area is 193 Å². The van der Waals surface area contributed by atoms with Crippen molar-refractivity contribution in [2.45, 2.75) is 24.8 Å². The minimum atomic E-state index is -3.98. The van der Waals surface area contributed by atoms with Gasteiger partial charge < -0.3 is 10.1 Å². The van der Waals surface area contributed by atoms with E-state index >= 15 is 0 Å². The largest absolute Gasteiger partial charge is 0.497 e. The van der Waals surface area contributed by atoms with Gasteiger partial charge in [-0.05, 0) is 67.4 Å². The molecule has 0 aliphatic carbocycles. The van der Waals surface area contributed by atoms with E-state index in [9.17, 15) is 13.2 Å². The van der Waals surface area contributed by atoms with Crippen LogP contribution < -0.4 is 14.4 Å².